The van der Waals surface area contributed by atoms with Crippen LogP contribution in [0.5, 0.6) is 5.75 Å². The lowest BCUT2D eigenvalue weighted by atomic mass is 10.1. The molecule has 0 spiro atoms. The molecule has 1 saturated heterocycles. The molecule has 0 aliphatic carbocycles. The molecule has 0 amide bonds. The average molecular weight is 296 g/mol. The van der Waals surface area contributed by atoms with Gasteiger partial charge in [-0.1, -0.05) is 6.07 Å². The molecule has 1 atom stereocenters. The summed E-state index contributed by atoms with van der Waals surface area (Å²) < 4.78 is 24.1. The van der Waals surface area contributed by atoms with E-state index in [9.17, 15) is 4.39 Å². The van der Waals surface area contributed by atoms with Gasteiger partial charge in [0.1, 0.15) is 11.6 Å². The van der Waals surface area contributed by atoms with Crippen molar-refractivity contribution in [2.45, 2.75) is 25.4 Å². The molecule has 0 saturated carbocycles. The zero-order valence-electron chi connectivity index (χ0n) is 12.9. The first-order chi connectivity index (χ1) is 10.2. The molecular weight excluding hydrogens is 271 g/mol. The monoisotopic (exact) mass is 296 g/mol. The minimum atomic E-state index is -0.188. The number of hydrogen-bond acceptors (Lipinski definition) is 4. The normalized spacial score (nSPS) is 19.1. The maximum atomic E-state index is 14.0. The molecule has 0 aromatic heterocycles. The Hall–Kier alpha value is -1.17. The minimum Gasteiger partial charge on any atom is -0.497 e. The van der Waals surface area contributed by atoms with Crippen LogP contribution in [0.4, 0.5) is 4.39 Å². The third-order valence-corrected chi connectivity index (χ3v) is 4.00. The number of benzene rings is 1. The molecule has 1 aliphatic heterocycles. The first-order valence-electron chi connectivity index (χ1n) is 7.50. The van der Waals surface area contributed by atoms with E-state index in [4.69, 9.17) is 9.47 Å². The SMILES string of the molecule is COCCNCC1CCCN1Cc1ccc(OC)cc1F. The first kappa shape index (κ1) is 16.2. The molecule has 118 valence electrons. The zero-order chi connectivity index (χ0) is 15.1. The molecule has 0 bridgehead atoms. The number of rotatable bonds is 8. The van der Waals surface area contributed by atoms with Crippen molar-refractivity contribution >= 4 is 0 Å². The van der Waals surface area contributed by atoms with Crippen LogP contribution in [0.25, 0.3) is 0 Å². The molecule has 5 heteroatoms. The van der Waals surface area contributed by atoms with Gasteiger partial charge in [0, 0.05) is 44.4 Å². The lowest BCUT2D eigenvalue weighted by Crippen LogP contribution is -2.38. The number of nitrogens with zero attached hydrogens (tertiary/aromatic N) is 1. The van der Waals surface area contributed by atoms with Gasteiger partial charge in [0.25, 0.3) is 0 Å². The van der Waals surface area contributed by atoms with Gasteiger partial charge >= 0.3 is 0 Å². The summed E-state index contributed by atoms with van der Waals surface area (Å²) in [5, 5.41) is 3.40. The minimum absolute atomic E-state index is 0.188. The third-order valence-electron chi connectivity index (χ3n) is 4.00. The van der Waals surface area contributed by atoms with Gasteiger partial charge in [-0.2, -0.15) is 0 Å². The molecule has 4 nitrogen and oxygen atoms in total. The molecule has 1 fully saturated rings. The Balaban J connectivity index is 1.88. The summed E-state index contributed by atoms with van der Waals surface area (Å²) in [7, 11) is 3.26. The van der Waals surface area contributed by atoms with Crippen molar-refractivity contribution in [1.82, 2.24) is 10.2 Å². The molecule has 1 aromatic carbocycles. The van der Waals surface area contributed by atoms with E-state index in [0.717, 1.165) is 38.2 Å². The van der Waals surface area contributed by atoms with Gasteiger partial charge in [-0.25, -0.2) is 4.39 Å². The highest BCUT2D eigenvalue weighted by Gasteiger charge is 2.24. The van der Waals surface area contributed by atoms with Crippen LogP contribution in [-0.2, 0) is 11.3 Å². The molecular formula is C16H25FN2O2. The van der Waals surface area contributed by atoms with E-state index in [2.05, 4.69) is 10.2 Å². The van der Waals surface area contributed by atoms with Gasteiger partial charge in [0.2, 0.25) is 0 Å². The van der Waals surface area contributed by atoms with Gasteiger partial charge in [-0.05, 0) is 25.5 Å². The molecule has 0 radical (unpaired) electrons. The molecule has 1 N–H and O–H groups in total. The highest BCUT2D eigenvalue weighted by molar-refractivity contribution is 5.29. The van der Waals surface area contributed by atoms with Crippen LogP contribution in [0.2, 0.25) is 0 Å². The zero-order valence-corrected chi connectivity index (χ0v) is 12.9. The second-order valence-electron chi connectivity index (χ2n) is 5.42. The Morgan fingerprint density at radius 1 is 1.38 bits per heavy atom. The summed E-state index contributed by atoms with van der Waals surface area (Å²) in [6.07, 6.45) is 2.34. The van der Waals surface area contributed by atoms with Crippen LogP contribution in [0.1, 0.15) is 18.4 Å². The van der Waals surface area contributed by atoms with E-state index in [0.29, 0.717) is 18.3 Å². The lowest BCUT2D eigenvalue weighted by molar-refractivity contribution is 0.190. The van der Waals surface area contributed by atoms with Crippen molar-refractivity contribution in [3.05, 3.63) is 29.6 Å². The third kappa shape index (κ3) is 4.66. The van der Waals surface area contributed by atoms with Gasteiger partial charge in [0.05, 0.1) is 13.7 Å². The van der Waals surface area contributed by atoms with E-state index < -0.39 is 0 Å². The van der Waals surface area contributed by atoms with Crippen molar-refractivity contribution < 1.29 is 13.9 Å². The maximum Gasteiger partial charge on any atom is 0.131 e. The van der Waals surface area contributed by atoms with E-state index in [1.807, 2.05) is 12.1 Å². The van der Waals surface area contributed by atoms with Crippen LogP contribution >= 0.6 is 0 Å². The summed E-state index contributed by atoms with van der Waals surface area (Å²) in [6, 6.07) is 5.57. The molecule has 21 heavy (non-hydrogen) atoms. The van der Waals surface area contributed by atoms with Gasteiger partial charge in [-0.15, -0.1) is 0 Å². The van der Waals surface area contributed by atoms with Crippen molar-refractivity contribution in [3.8, 4) is 5.75 Å². The van der Waals surface area contributed by atoms with Gasteiger partial charge < -0.3 is 14.8 Å². The largest absolute Gasteiger partial charge is 0.497 e. The fourth-order valence-corrected chi connectivity index (χ4v) is 2.78. The van der Waals surface area contributed by atoms with E-state index in [-0.39, 0.29) is 5.82 Å². The van der Waals surface area contributed by atoms with Crippen molar-refractivity contribution in [2.24, 2.45) is 0 Å². The second kappa shape index (κ2) is 8.32. The Kier molecular flexibility index (Phi) is 6.42. The summed E-state index contributed by atoms with van der Waals surface area (Å²) in [6.45, 7) is 4.20. The van der Waals surface area contributed by atoms with E-state index in [1.54, 1.807) is 14.2 Å². The van der Waals surface area contributed by atoms with Crippen LogP contribution in [0, 0.1) is 5.82 Å². The summed E-state index contributed by atoms with van der Waals surface area (Å²) >= 11 is 0. The van der Waals surface area contributed by atoms with Gasteiger partial charge in [0.15, 0.2) is 0 Å². The highest BCUT2D eigenvalue weighted by Crippen LogP contribution is 2.23. The lowest BCUT2D eigenvalue weighted by Gasteiger charge is -2.25. The Morgan fingerprint density at radius 3 is 2.95 bits per heavy atom. The second-order valence-corrected chi connectivity index (χ2v) is 5.42. The molecule has 2 rings (SSSR count). The highest BCUT2D eigenvalue weighted by atomic mass is 19.1. The van der Waals surface area contributed by atoms with Crippen LogP contribution in [0.15, 0.2) is 18.2 Å². The molecule has 1 aliphatic rings. The van der Waals surface area contributed by atoms with E-state index in [1.165, 1.54) is 12.5 Å². The van der Waals surface area contributed by atoms with Crippen LogP contribution < -0.4 is 10.1 Å². The number of likely N-dealkylation sites (tertiary alicyclic amines) is 1. The maximum absolute atomic E-state index is 14.0. The summed E-state index contributed by atoms with van der Waals surface area (Å²) in [5.74, 6) is 0.378. The molecule has 1 heterocycles. The quantitative estimate of drug-likeness (QED) is 0.744. The Morgan fingerprint density at radius 2 is 2.24 bits per heavy atom. The summed E-state index contributed by atoms with van der Waals surface area (Å²) in [4.78, 5) is 2.35. The van der Waals surface area contributed by atoms with Crippen molar-refractivity contribution in [3.63, 3.8) is 0 Å². The fraction of sp³-hybridized carbons (Fsp3) is 0.625. The number of halogens is 1. The Bertz CT molecular complexity index is 442. The number of nitrogens with one attached hydrogen (secondary N) is 1. The molecule has 1 unspecified atom stereocenters. The molecule has 1 aromatic rings. The van der Waals surface area contributed by atoms with Gasteiger partial charge in [-0.3, -0.25) is 4.90 Å². The smallest absolute Gasteiger partial charge is 0.131 e. The topological polar surface area (TPSA) is 33.7 Å². The predicted octanol–water partition coefficient (Wildman–Crippen LogP) is 2.03. The number of ether oxygens (including phenoxy) is 2. The standard InChI is InChI=1S/C16H25FN2O2/c1-20-9-7-18-11-14-4-3-8-19(14)12-13-5-6-15(21-2)10-16(13)17/h5-6,10,14,18H,3-4,7-9,11-12H2,1-2H3. The fourth-order valence-electron chi connectivity index (χ4n) is 2.78. The van der Waals surface area contributed by atoms with E-state index >= 15 is 0 Å². The van der Waals surface area contributed by atoms with Crippen LogP contribution in [0.3, 0.4) is 0 Å². The average Bonchev–Trinajstić information content (AvgIpc) is 2.93. The van der Waals surface area contributed by atoms with Crippen molar-refractivity contribution in [2.75, 3.05) is 40.5 Å². The van der Waals surface area contributed by atoms with Crippen LogP contribution in [-0.4, -0.2) is 51.4 Å². The van der Waals surface area contributed by atoms with Crippen molar-refractivity contribution in [1.29, 1.82) is 0 Å². The Labute approximate surface area is 126 Å². The predicted molar refractivity (Wildman–Crippen MR) is 81.1 cm³/mol. The number of hydrogen-bond donors (Lipinski definition) is 1. The number of methoxy groups -OCH3 is 2. The first-order valence-corrected chi connectivity index (χ1v) is 7.50. The summed E-state index contributed by atoms with van der Waals surface area (Å²) in [5.41, 5.74) is 0.736.